The Balaban J connectivity index is 1.68. The number of pyridine rings is 1. The van der Waals surface area contributed by atoms with Gasteiger partial charge in [0.25, 0.3) is 15.6 Å². The van der Waals surface area contributed by atoms with E-state index in [9.17, 15) is 26.8 Å². The van der Waals surface area contributed by atoms with Crippen LogP contribution in [0.5, 0.6) is 11.5 Å². The fourth-order valence-electron chi connectivity index (χ4n) is 4.90. The minimum atomic E-state index is -4.17. The molecule has 6 rings (SSSR count). The fraction of sp³-hybridized carbons (Fsp3) is 0.0667. The van der Waals surface area contributed by atoms with Crippen LogP contribution in [0.2, 0.25) is 0 Å². The van der Waals surface area contributed by atoms with Crippen LogP contribution in [0.15, 0.2) is 88.1 Å². The third-order valence-electron chi connectivity index (χ3n) is 6.97. The highest BCUT2D eigenvalue weighted by atomic mass is 32.2. The second-order valence-electron chi connectivity index (χ2n) is 9.70. The van der Waals surface area contributed by atoms with Gasteiger partial charge in [0.2, 0.25) is 0 Å². The van der Waals surface area contributed by atoms with Crippen LogP contribution in [0.4, 0.5) is 8.78 Å². The number of H-pyrrole nitrogens is 2. The van der Waals surface area contributed by atoms with Gasteiger partial charge in [-0.2, -0.15) is 0 Å². The van der Waals surface area contributed by atoms with Crippen molar-refractivity contribution in [3.05, 3.63) is 117 Å². The SMILES string of the molecule is C=Cc1cc(-c2cn(C)c(=O)c3c2ccn3S(=O)(=O)c2ccc(C)cc2)c(Oc2ccc(F)cc2F)c2[nH]c(=O)[nH]c12. The van der Waals surface area contributed by atoms with E-state index in [0.29, 0.717) is 22.7 Å². The second kappa shape index (κ2) is 9.70. The zero-order valence-corrected chi connectivity index (χ0v) is 23.1. The van der Waals surface area contributed by atoms with E-state index in [4.69, 9.17) is 4.74 Å². The van der Waals surface area contributed by atoms with Crippen molar-refractivity contribution in [2.45, 2.75) is 11.8 Å². The van der Waals surface area contributed by atoms with Crippen LogP contribution in [0.3, 0.4) is 0 Å². The molecule has 0 saturated heterocycles. The maximum absolute atomic E-state index is 14.7. The molecule has 9 nitrogen and oxygen atoms in total. The minimum Gasteiger partial charge on any atom is -0.451 e. The van der Waals surface area contributed by atoms with Crippen LogP contribution in [0, 0.1) is 18.6 Å². The lowest BCUT2D eigenvalue weighted by molar-refractivity contribution is 0.442. The van der Waals surface area contributed by atoms with E-state index in [1.54, 1.807) is 18.2 Å². The topological polar surface area (TPSA) is 119 Å². The van der Waals surface area contributed by atoms with E-state index in [1.807, 2.05) is 6.92 Å². The number of imidazole rings is 1. The number of hydrogen-bond donors (Lipinski definition) is 2. The Labute approximate surface area is 237 Å². The lowest BCUT2D eigenvalue weighted by Gasteiger charge is -2.16. The Hall–Kier alpha value is -5.23. The zero-order valence-electron chi connectivity index (χ0n) is 22.2. The molecule has 0 aliphatic rings. The second-order valence-corrected chi connectivity index (χ2v) is 11.5. The average Bonchev–Trinajstić information content (AvgIpc) is 3.57. The van der Waals surface area contributed by atoms with Gasteiger partial charge in [-0.1, -0.05) is 30.4 Å². The number of ether oxygens (including phenoxy) is 1. The minimum absolute atomic E-state index is 0.00544. The number of aryl methyl sites for hydroxylation is 2. The summed E-state index contributed by atoms with van der Waals surface area (Å²) in [6, 6.07) is 12.1. The lowest BCUT2D eigenvalue weighted by Crippen LogP contribution is -2.22. The predicted octanol–water partition coefficient (Wildman–Crippen LogP) is 5.44. The maximum atomic E-state index is 14.7. The van der Waals surface area contributed by atoms with E-state index in [2.05, 4.69) is 16.5 Å². The lowest BCUT2D eigenvalue weighted by atomic mass is 9.98. The third-order valence-corrected chi connectivity index (χ3v) is 8.66. The van der Waals surface area contributed by atoms with Crippen molar-refractivity contribution in [3.63, 3.8) is 0 Å². The monoisotopic (exact) mass is 588 g/mol. The molecule has 3 heterocycles. The first kappa shape index (κ1) is 27.0. The molecule has 0 bridgehead atoms. The molecule has 0 amide bonds. The number of halogens is 2. The molecule has 0 aliphatic heterocycles. The van der Waals surface area contributed by atoms with Crippen LogP contribution in [-0.2, 0) is 17.1 Å². The van der Waals surface area contributed by atoms with Crippen molar-refractivity contribution >= 4 is 38.0 Å². The molecule has 0 atom stereocenters. The molecular formula is C30H22F2N4O5S. The summed E-state index contributed by atoms with van der Waals surface area (Å²) in [4.78, 5) is 31.1. The molecule has 0 spiro atoms. The van der Waals surface area contributed by atoms with Gasteiger partial charge >= 0.3 is 5.69 Å². The Morgan fingerprint density at radius 3 is 2.36 bits per heavy atom. The van der Waals surface area contributed by atoms with E-state index in [0.717, 1.165) is 21.7 Å². The van der Waals surface area contributed by atoms with Crippen molar-refractivity contribution in [3.8, 4) is 22.6 Å². The van der Waals surface area contributed by atoms with E-state index in [-0.39, 0.29) is 38.4 Å². The van der Waals surface area contributed by atoms with Gasteiger partial charge in [0.15, 0.2) is 17.3 Å². The number of nitrogens with zero attached hydrogens (tertiary/aromatic N) is 2. The smallest absolute Gasteiger partial charge is 0.323 e. The molecule has 2 N–H and O–H groups in total. The highest BCUT2D eigenvalue weighted by Crippen LogP contribution is 2.43. The van der Waals surface area contributed by atoms with Crippen molar-refractivity contribution in [1.29, 1.82) is 0 Å². The van der Waals surface area contributed by atoms with Crippen molar-refractivity contribution in [1.82, 2.24) is 18.5 Å². The summed E-state index contributed by atoms with van der Waals surface area (Å²) in [5.74, 6) is -2.14. The molecule has 3 aromatic carbocycles. The summed E-state index contributed by atoms with van der Waals surface area (Å²) in [5.41, 5.74) is 1.15. The van der Waals surface area contributed by atoms with Gasteiger partial charge in [0, 0.05) is 47.6 Å². The molecule has 12 heteroatoms. The largest absolute Gasteiger partial charge is 0.451 e. The number of rotatable bonds is 6. The highest BCUT2D eigenvalue weighted by Gasteiger charge is 2.26. The summed E-state index contributed by atoms with van der Waals surface area (Å²) in [6.07, 6.45) is 4.26. The molecule has 0 radical (unpaired) electrons. The van der Waals surface area contributed by atoms with Crippen molar-refractivity contribution in [2.75, 3.05) is 0 Å². The van der Waals surface area contributed by atoms with Crippen LogP contribution >= 0.6 is 0 Å². The quantitative estimate of drug-likeness (QED) is 0.269. The van der Waals surface area contributed by atoms with E-state index < -0.39 is 32.9 Å². The molecule has 0 aliphatic carbocycles. The normalized spacial score (nSPS) is 11.8. The Kier molecular flexibility index (Phi) is 6.23. The molecule has 0 saturated carbocycles. The molecule has 3 aromatic heterocycles. The van der Waals surface area contributed by atoms with E-state index >= 15 is 0 Å². The number of aromatic nitrogens is 4. The summed E-state index contributed by atoms with van der Waals surface area (Å²) in [5, 5.41) is 0.255. The first-order valence-electron chi connectivity index (χ1n) is 12.6. The van der Waals surface area contributed by atoms with Gasteiger partial charge in [-0.25, -0.2) is 26.0 Å². The molecule has 212 valence electrons. The first-order chi connectivity index (χ1) is 20.0. The Bertz CT molecular complexity index is 2300. The van der Waals surface area contributed by atoms with Crippen LogP contribution in [0.25, 0.3) is 39.1 Å². The standard InChI is InChI=1S/C30H22F2N4O5S/c1-4-17-13-21(28(26-25(17)33-30(38)34-26)41-24-10-7-18(31)14-23(24)32)22-15-35(3)29(37)27-20(22)11-12-36(27)42(39,40)19-8-5-16(2)6-9-19/h4-15H,1H2,2-3H3,(H2,33,34,38). The molecule has 6 aromatic rings. The summed E-state index contributed by atoms with van der Waals surface area (Å²) >= 11 is 0. The highest BCUT2D eigenvalue weighted by molar-refractivity contribution is 7.90. The number of fused-ring (bicyclic) bond motifs is 2. The third kappa shape index (κ3) is 4.23. The fourth-order valence-corrected chi connectivity index (χ4v) is 6.25. The van der Waals surface area contributed by atoms with Gasteiger partial charge < -0.3 is 19.3 Å². The average molecular weight is 589 g/mol. The summed E-state index contributed by atoms with van der Waals surface area (Å²) < 4.78 is 63.8. The zero-order chi connectivity index (χ0) is 29.9. The number of aromatic amines is 2. The molecule has 0 fully saturated rings. The predicted molar refractivity (Wildman–Crippen MR) is 155 cm³/mol. The number of hydrogen-bond acceptors (Lipinski definition) is 5. The van der Waals surface area contributed by atoms with Crippen molar-refractivity contribution < 1.29 is 21.9 Å². The maximum Gasteiger partial charge on any atom is 0.323 e. The van der Waals surface area contributed by atoms with Gasteiger partial charge in [-0.15, -0.1) is 0 Å². The molecule has 42 heavy (non-hydrogen) atoms. The molecule has 0 unspecified atom stereocenters. The molecular weight excluding hydrogens is 566 g/mol. The first-order valence-corrected chi connectivity index (χ1v) is 14.0. The summed E-state index contributed by atoms with van der Waals surface area (Å²) in [7, 11) is -2.71. The van der Waals surface area contributed by atoms with Gasteiger partial charge in [-0.05, 0) is 43.3 Å². The van der Waals surface area contributed by atoms with E-state index in [1.165, 1.54) is 48.3 Å². The summed E-state index contributed by atoms with van der Waals surface area (Å²) in [6.45, 7) is 5.64. The Morgan fingerprint density at radius 1 is 0.952 bits per heavy atom. The van der Waals surface area contributed by atoms with Crippen LogP contribution in [-0.4, -0.2) is 26.9 Å². The van der Waals surface area contributed by atoms with Gasteiger partial charge in [0.05, 0.1) is 10.4 Å². The van der Waals surface area contributed by atoms with Crippen molar-refractivity contribution in [2.24, 2.45) is 7.05 Å². The number of benzene rings is 3. The van der Waals surface area contributed by atoms with Crippen LogP contribution < -0.4 is 16.0 Å². The van der Waals surface area contributed by atoms with Gasteiger partial charge in [0.1, 0.15) is 16.9 Å². The van der Waals surface area contributed by atoms with Crippen LogP contribution in [0.1, 0.15) is 11.1 Å². The Morgan fingerprint density at radius 2 is 1.67 bits per heavy atom. The van der Waals surface area contributed by atoms with Gasteiger partial charge in [-0.3, -0.25) is 4.79 Å². The number of nitrogens with one attached hydrogen (secondary N) is 2.